The SMILES string of the molecule is CCNc1ccc([N+](=O)[O-])c(SCCCOC)n1. The fourth-order valence-corrected chi connectivity index (χ4v) is 2.24. The molecule has 0 amide bonds. The summed E-state index contributed by atoms with van der Waals surface area (Å²) in [4.78, 5) is 14.7. The first kappa shape index (κ1) is 14.7. The van der Waals surface area contributed by atoms with Gasteiger partial charge in [-0.2, -0.15) is 0 Å². The Morgan fingerprint density at radius 3 is 2.94 bits per heavy atom. The van der Waals surface area contributed by atoms with E-state index in [9.17, 15) is 10.1 Å². The molecule has 7 heteroatoms. The molecule has 0 spiro atoms. The van der Waals surface area contributed by atoms with Crippen LogP contribution in [-0.2, 0) is 4.74 Å². The van der Waals surface area contributed by atoms with Crippen molar-refractivity contribution in [1.29, 1.82) is 0 Å². The van der Waals surface area contributed by atoms with E-state index in [0.29, 0.717) is 17.5 Å². The van der Waals surface area contributed by atoms with E-state index in [1.807, 2.05) is 6.92 Å². The maximum atomic E-state index is 10.9. The molecule has 18 heavy (non-hydrogen) atoms. The molecule has 0 radical (unpaired) electrons. The summed E-state index contributed by atoms with van der Waals surface area (Å²) in [7, 11) is 1.64. The van der Waals surface area contributed by atoms with Crippen molar-refractivity contribution in [3.63, 3.8) is 0 Å². The van der Waals surface area contributed by atoms with Crippen molar-refractivity contribution in [3.8, 4) is 0 Å². The quantitative estimate of drug-likeness (QED) is 0.339. The highest BCUT2D eigenvalue weighted by Gasteiger charge is 2.16. The molecule has 0 saturated heterocycles. The first-order valence-electron chi connectivity index (χ1n) is 5.70. The fourth-order valence-electron chi connectivity index (χ4n) is 1.33. The van der Waals surface area contributed by atoms with Gasteiger partial charge in [-0.3, -0.25) is 10.1 Å². The number of aromatic nitrogens is 1. The molecule has 6 nitrogen and oxygen atoms in total. The molecule has 0 saturated carbocycles. The number of anilines is 1. The van der Waals surface area contributed by atoms with Crippen LogP contribution in [0.1, 0.15) is 13.3 Å². The van der Waals surface area contributed by atoms with E-state index in [4.69, 9.17) is 4.74 Å². The summed E-state index contributed by atoms with van der Waals surface area (Å²) in [6.07, 6.45) is 0.839. The summed E-state index contributed by atoms with van der Waals surface area (Å²) < 4.78 is 4.94. The molecule has 0 aromatic carbocycles. The zero-order valence-corrected chi connectivity index (χ0v) is 11.3. The van der Waals surface area contributed by atoms with Crippen molar-refractivity contribution in [2.24, 2.45) is 0 Å². The van der Waals surface area contributed by atoms with Crippen molar-refractivity contribution in [2.45, 2.75) is 18.4 Å². The number of hydrogen-bond donors (Lipinski definition) is 1. The normalized spacial score (nSPS) is 10.3. The molecule has 0 unspecified atom stereocenters. The average molecular weight is 271 g/mol. The minimum Gasteiger partial charge on any atom is -0.385 e. The second-order valence-electron chi connectivity index (χ2n) is 3.50. The average Bonchev–Trinajstić information content (AvgIpc) is 2.35. The molecule has 1 heterocycles. The summed E-state index contributed by atoms with van der Waals surface area (Å²) in [5.74, 6) is 1.41. The minimum absolute atomic E-state index is 0.0547. The Kier molecular flexibility index (Phi) is 6.45. The Hall–Kier alpha value is -1.34. The molecule has 0 aliphatic rings. The number of thioether (sulfide) groups is 1. The Morgan fingerprint density at radius 2 is 2.33 bits per heavy atom. The molecule has 0 aliphatic heterocycles. The van der Waals surface area contributed by atoms with Crippen molar-refractivity contribution < 1.29 is 9.66 Å². The maximum absolute atomic E-state index is 10.9. The molecule has 100 valence electrons. The number of nitro groups is 1. The van der Waals surface area contributed by atoms with Crippen LogP contribution < -0.4 is 5.32 Å². The summed E-state index contributed by atoms with van der Waals surface area (Å²) in [6, 6.07) is 3.12. The van der Waals surface area contributed by atoms with E-state index in [1.54, 1.807) is 13.2 Å². The Balaban J connectivity index is 2.76. The molecule has 1 N–H and O–H groups in total. The van der Waals surface area contributed by atoms with Gasteiger partial charge in [0.25, 0.3) is 0 Å². The number of nitrogens with zero attached hydrogens (tertiary/aromatic N) is 2. The molecule has 0 aliphatic carbocycles. The van der Waals surface area contributed by atoms with Gasteiger partial charge in [-0.25, -0.2) is 4.98 Å². The van der Waals surface area contributed by atoms with E-state index in [1.165, 1.54) is 17.8 Å². The van der Waals surface area contributed by atoms with E-state index in [0.717, 1.165) is 18.7 Å². The number of rotatable bonds is 8. The van der Waals surface area contributed by atoms with Crippen molar-refractivity contribution in [1.82, 2.24) is 4.98 Å². The maximum Gasteiger partial charge on any atom is 0.301 e. The Labute approximate surface area is 110 Å². The third-order valence-electron chi connectivity index (χ3n) is 2.13. The van der Waals surface area contributed by atoms with E-state index in [-0.39, 0.29) is 5.69 Å². The molecular weight excluding hydrogens is 254 g/mol. The van der Waals surface area contributed by atoms with Gasteiger partial charge >= 0.3 is 5.69 Å². The van der Waals surface area contributed by atoms with Crippen molar-refractivity contribution in [3.05, 3.63) is 22.2 Å². The van der Waals surface area contributed by atoms with Crippen LogP contribution in [0.4, 0.5) is 11.5 Å². The number of ether oxygens (including phenoxy) is 1. The number of pyridine rings is 1. The highest BCUT2D eigenvalue weighted by atomic mass is 32.2. The summed E-state index contributed by atoms with van der Waals surface area (Å²) >= 11 is 1.38. The van der Waals surface area contributed by atoms with Gasteiger partial charge in [0.2, 0.25) is 0 Å². The van der Waals surface area contributed by atoms with Crippen LogP contribution in [-0.4, -0.2) is 35.9 Å². The van der Waals surface area contributed by atoms with Crippen LogP contribution in [0.5, 0.6) is 0 Å². The number of nitrogens with one attached hydrogen (secondary N) is 1. The smallest absolute Gasteiger partial charge is 0.301 e. The molecule has 0 fully saturated rings. The van der Waals surface area contributed by atoms with Crippen LogP contribution in [0.15, 0.2) is 17.2 Å². The van der Waals surface area contributed by atoms with Crippen LogP contribution >= 0.6 is 11.8 Å². The van der Waals surface area contributed by atoms with Gasteiger partial charge in [-0.1, -0.05) is 11.8 Å². The lowest BCUT2D eigenvalue weighted by atomic mass is 10.4. The zero-order valence-electron chi connectivity index (χ0n) is 10.5. The highest BCUT2D eigenvalue weighted by molar-refractivity contribution is 7.99. The summed E-state index contributed by atoms with van der Waals surface area (Å²) in [5, 5.41) is 14.4. The van der Waals surface area contributed by atoms with Gasteiger partial charge < -0.3 is 10.1 Å². The predicted molar refractivity (Wildman–Crippen MR) is 72.3 cm³/mol. The van der Waals surface area contributed by atoms with Crippen LogP contribution in [0.25, 0.3) is 0 Å². The highest BCUT2D eigenvalue weighted by Crippen LogP contribution is 2.28. The first-order chi connectivity index (χ1) is 8.69. The number of hydrogen-bond acceptors (Lipinski definition) is 6. The standard InChI is InChI=1S/C11H17N3O3S/c1-3-12-10-6-5-9(14(15)16)11(13-10)18-8-4-7-17-2/h5-6H,3-4,7-8H2,1-2H3,(H,12,13). The molecular formula is C11H17N3O3S. The second kappa shape index (κ2) is 7.88. The number of methoxy groups -OCH3 is 1. The lowest BCUT2D eigenvalue weighted by Crippen LogP contribution is -2.02. The van der Waals surface area contributed by atoms with Gasteiger partial charge in [-0.15, -0.1) is 0 Å². The van der Waals surface area contributed by atoms with Crippen LogP contribution in [0, 0.1) is 10.1 Å². The third-order valence-corrected chi connectivity index (χ3v) is 3.19. The fraction of sp³-hybridized carbons (Fsp3) is 0.545. The molecule has 0 bridgehead atoms. The topological polar surface area (TPSA) is 77.3 Å². The van der Waals surface area contributed by atoms with Gasteiger partial charge in [0.15, 0.2) is 5.03 Å². The van der Waals surface area contributed by atoms with E-state index in [2.05, 4.69) is 10.3 Å². The van der Waals surface area contributed by atoms with Gasteiger partial charge in [0.05, 0.1) is 4.92 Å². The first-order valence-corrected chi connectivity index (χ1v) is 6.68. The lowest BCUT2D eigenvalue weighted by Gasteiger charge is -2.06. The molecule has 1 rings (SSSR count). The molecule has 1 aromatic rings. The van der Waals surface area contributed by atoms with E-state index < -0.39 is 4.92 Å². The monoisotopic (exact) mass is 271 g/mol. The van der Waals surface area contributed by atoms with E-state index >= 15 is 0 Å². The summed E-state index contributed by atoms with van der Waals surface area (Å²) in [6.45, 7) is 3.33. The molecule has 1 aromatic heterocycles. The Morgan fingerprint density at radius 1 is 1.56 bits per heavy atom. The van der Waals surface area contributed by atoms with Gasteiger partial charge in [0.1, 0.15) is 5.82 Å². The summed E-state index contributed by atoms with van der Waals surface area (Å²) in [5.41, 5.74) is 0.0547. The minimum atomic E-state index is -0.401. The van der Waals surface area contributed by atoms with Crippen molar-refractivity contribution >= 4 is 23.3 Å². The van der Waals surface area contributed by atoms with Crippen LogP contribution in [0.2, 0.25) is 0 Å². The van der Waals surface area contributed by atoms with Gasteiger partial charge in [0, 0.05) is 32.1 Å². The largest absolute Gasteiger partial charge is 0.385 e. The van der Waals surface area contributed by atoms with Crippen molar-refractivity contribution in [2.75, 3.05) is 31.3 Å². The molecule has 0 atom stereocenters. The predicted octanol–water partition coefficient (Wildman–Crippen LogP) is 2.55. The third kappa shape index (κ3) is 4.50. The van der Waals surface area contributed by atoms with Gasteiger partial charge in [-0.05, 0) is 19.4 Å². The second-order valence-corrected chi connectivity index (χ2v) is 4.59. The van der Waals surface area contributed by atoms with Crippen LogP contribution in [0.3, 0.4) is 0 Å². The zero-order chi connectivity index (χ0) is 13.4. The Bertz CT molecular complexity index is 401. The lowest BCUT2D eigenvalue weighted by molar-refractivity contribution is -0.388.